The van der Waals surface area contributed by atoms with Crippen molar-refractivity contribution in [2.45, 2.75) is 38.2 Å². The van der Waals surface area contributed by atoms with Crippen molar-refractivity contribution in [2.24, 2.45) is 0 Å². The van der Waals surface area contributed by atoms with E-state index in [9.17, 15) is 9.90 Å². The van der Waals surface area contributed by atoms with Gasteiger partial charge in [0.2, 0.25) is 0 Å². The highest BCUT2D eigenvalue weighted by Crippen LogP contribution is 2.43. The van der Waals surface area contributed by atoms with Gasteiger partial charge in [0.05, 0.1) is 5.57 Å². The summed E-state index contributed by atoms with van der Waals surface area (Å²) in [5.74, 6) is 0.0105. The maximum absolute atomic E-state index is 13.7. The van der Waals surface area contributed by atoms with Gasteiger partial charge >= 0.3 is 0 Å². The SMILES string of the molecule is CC1=C(C(=O)N2CCN(c3cccc(Cl)c3)CC2)C2(CCN(Cc3ccccc3)CC2)OC1O. The minimum absolute atomic E-state index is 0.0105. The van der Waals surface area contributed by atoms with Crippen molar-refractivity contribution in [3.05, 3.63) is 76.3 Å². The molecule has 0 aromatic heterocycles. The number of anilines is 1. The summed E-state index contributed by atoms with van der Waals surface area (Å²) in [6, 6.07) is 18.3. The van der Waals surface area contributed by atoms with Gasteiger partial charge in [-0.25, -0.2) is 0 Å². The average molecular weight is 482 g/mol. The Kier molecular flexibility index (Phi) is 6.67. The van der Waals surface area contributed by atoms with Crippen LogP contribution in [-0.2, 0) is 16.1 Å². The Balaban J connectivity index is 1.25. The van der Waals surface area contributed by atoms with E-state index < -0.39 is 11.9 Å². The van der Waals surface area contributed by atoms with Crippen molar-refractivity contribution in [1.82, 2.24) is 9.80 Å². The molecule has 2 aromatic rings. The van der Waals surface area contributed by atoms with Crippen molar-refractivity contribution in [2.75, 3.05) is 44.2 Å². The molecule has 0 radical (unpaired) electrons. The van der Waals surface area contributed by atoms with E-state index in [2.05, 4.69) is 40.1 Å². The lowest BCUT2D eigenvalue weighted by Crippen LogP contribution is -2.53. The molecule has 5 rings (SSSR count). The summed E-state index contributed by atoms with van der Waals surface area (Å²) in [5.41, 5.74) is 3.01. The number of ether oxygens (including phenoxy) is 1. The number of hydrogen-bond acceptors (Lipinski definition) is 5. The predicted octanol–water partition coefficient (Wildman–Crippen LogP) is 3.69. The first-order chi connectivity index (χ1) is 16.4. The number of rotatable bonds is 4. The molecule has 2 saturated heterocycles. The summed E-state index contributed by atoms with van der Waals surface area (Å²) in [6.45, 7) is 7.15. The first kappa shape index (κ1) is 23.4. The molecule has 2 aromatic carbocycles. The van der Waals surface area contributed by atoms with Gasteiger partial charge in [-0.1, -0.05) is 48.0 Å². The highest BCUT2D eigenvalue weighted by molar-refractivity contribution is 6.30. The summed E-state index contributed by atoms with van der Waals surface area (Å²) in [4.78, 5) is 20.3. The van der Waals surface area contributed by atoms with Gasteiger partial charge < -0.3 is 19.6 Å². The quantitative estimate of drug-likeness (QED) is 0.721. The fourth-order valence-electron chi connectivity index (χ4n) is 5.49. The molecular formula is C27H32ClN3O3. The number of amides is 1. The molecule has 3 aliphatic rings. The summed E-state index contributed by atoms with van der Waals surface area (Å²) in [5, 5.41) is 11.3. The second-order valence-electron chi connectivity index (χ2n) is 9.54. The van der Waals surface area contributed by atoms with Crippen molar-refractivity contribution in [1.29, 1.82) is 0 Å². The molecule has 1 atom stereocenters. The minimum Gasteiger partial charge on any atom is -0.368 e. The van der Waals surface area contributed by atoms with Gasteiger partial charge in [0, 0.05) is 56.5 Å². The maximum atomic E-state index is 13.7. The molecule has 1 unspecified atom stereocenters. The van der Waals surface area contributed by atoms with Crippen LogP contribution in [0.1, 0.15) is 25.3 Å². The van der Waals surface area contributed by atoms with E-state index in [1.54, 1.807) is 0 Å². The minimum atomic E-state index is -1.01. The van der Waals surface area contributed by atoms with Crippen LogP contribution in [-0.4, -0.2) is 72.0 Å². The Morgan fingerprint density at radius 3 is 2.41 bits per heavy atom. The first-order valence-electron chi connectivity index (χ1n) is 12.1. The van der Waals surface area contributed by atoms with Crippen molar-refractivity contribution in [3.8, 4) is 0 Å². The van der Waals surface area contributed by atoms with Crippen LogP contribution in [0.25, 0.3) is 0 Å². The van der Waals surface area contributed by atoms with E-state index in [4.69, 9.17) is 16.3 Å². The second kappa shape index (κ2) is 9.70. The first-order valence-corrected chi connectivity index (χ1v) is 12.5. The van der Waals surface area contributed by atoms with Gasteiger partial charge in [-0.3, -0.25) is 9.69 Å². The molecule has 3 heterocycles. The summed E-state index contributed by atoms with van der Waals surface area (Å²) in [7, 11) is 0. The Bertz CT molecular complexity index is 1060. The van der Waals surface area contributed by atoms with E-state index in [1.165, 1.54) is 5.56 Å². The Hall–Kier alpha value is -2.38. The third-order valence-corrected chi connectivity index (χ3v) is 7.66. The summed E-state index contributed by atoms with van der Waals surface area (Å²) < 4.78 is 6.11. The Morgan fingerprint density at radius 1 is 1.03 bits per heavy atom. The third kappa shape index (κ3) is 4.60. The van der Waals surface area contributed by atoms with Crippen LogP contribution in [0.2, 0.25) is 5.02 Å². The van der Waals surface area contributed by atoms with E-state index in [0.29, 0.717) is 37.1 Å². The second-order valence-corrected chi connectivity index (χ2v) is 9.98. The largest absolute Gasteiger partial charge is 0.368 e. The summed E-state index contributed by atoms with van der Waals surface area (Å²) in [6.07, 6.45) is 0.405. The maximum Gasteiger partial charge on any atom is 0.252 e. The van der Waals surface area contributed by atoms with E-state index in [-0.39, 0.29) is 5.91 Å². The van der Waals surface area contributed by atoms with Crippen LogP contribution in [0.4, 0.5) is 5.69 Å². The Morgan fingerprint density at radius 2 is 1.74 bits per heavy atom. The molecule has 34 heavy (non-hydrogen) atoms. The number of carbonyl (C=O) groups is 1. The lowest BCUT2D eigenvalue weighted by molar-refractivity contribution is -0.153. The fraction of sp³-hybridized carbons (Fsp3) is 0.444. The molecule has 180 valence electrons. The number of nitrogens with zero attached hydrogens (tertiary/aromatic N) is 3. The van der Waals surface area contributed by atoms with Crippen molar-refractivity contribution in [3.63, 3.8) is 0 Å². The zero-order valence-corrected chi connectivity index (χ0v) is 20.4. The third-order valence-electron chi connectivity index (χ3n) is 7.42. The molecule has 1 amide bonds. The molecule has 1 N–H and O–H groups in total. The number of carbonyl (C=O) groups excluding carboxylic acids is 1. The van der Waals surface area contributed by atoms with E-state index >= 15 is 0 Å². The fourth-order valence-corrected chi connectivity index (χ4v) is 5.67. The highest BCUT2D eigenvalue weighted by atomic mass is 35.5. The van der Waals surface area contributed by atoms with Gasteiger partial charge in [-0.05, 0) is 49.1 Å². The number of piperazine rings is 1. The molecule has 0 saturated carbocycles. The smallest absolute Gasteiger partial charge is 0.252 e. The molecule has 6 nitrogen and oxygen atoms in total. The molecule has 7 heteroatoms. The number of piperidine rings is 1. The number of halogens is 1. The summed E-state index contributed by atoms with van der Waals surface area (Å²) >= 11 is 6.16. The van der Waals surface area contributed by atoms with E-state index in [0.717, 1.165) is 43.4 Å². The van der Waals surface area contributed by atoms with Gasteiger partial charge in [0.15, 0.2) is 6.29 Å². The molecule has 3 aliphatic heterocycles. The van der Waals surface area contributed by atoms with Gasteiger partial charge in [0.1, 0.15) is 5.60 Å². The van der Waals surface area contributed by atoms with Crippen LogP contribution < -0.4 is 4.90 Å². The van der Waals surface area contributed by atoms with Crippen molar-refractivity contribution < 1.29 is 14.6 Å². The zero-order valence-electron chi connectivity index (χ0n) is 19.6. The van der Waals surface area contributed by atoms with Gasteiger partial charge in [-0.15, -0.1) is 0 Å². The number of aliphatic hydroxyl groups excluding tert-OH is 1. The molecule has 0 bridgehead atoms. The van der Waals surface area contributed by atoms with Crippen LogP contribution in [0.5, 0.6) is 0 Å². The molecule has 0 aliphatic carbocycles. The topological polar surface area (TPSA) is 56.3 Å². The van der Waals surface area contributed by atoms with E-state index in [1.807, 2.05) is 36.1 Å². The molecular weight excluding hydrogens is 450 g/mol. The molecule has 2 fully saturated rings. The van der Waals surface area contributed by atoms with Crippen LogP contribution in [0.3, 0.4) is 0 Å². The van der Waals surface area contributed by atoms with Crippen LogP contribution >= 0.6 is 11.6 Å². The van der Waals surface area contributed by atoms with Gasteiger partial charge in [-0.2, -0.15) is 0 Å². The highest BCUT2D eigenvalue weighted by Gasteiger charge is 2.50. The lowest BCUT2D eigenvalue weighted by atomic mass is 9.82. The average Bonchev–Trinajstić information content (AvgIpc) is 3.10. The number of benzene rings is 2. The Labute approximate surface area is 206 Å². The monoisotopic (exact) mass is 481 g/mol. The normalized spacial score (nSPS) is 23.1. The number of aliphatic hydroxyl groups is 1. The standard InChI is InChI=1S/C27H32ClN3O3/c1-20-24(25(32)31-16-14-30(15-17-31)23-9-5-8-22(28)18-23)27(34-26(20)33)10-12-29(13-11-27)19-21-6-3-2-4-7-21/h2-9,18,26,33H,10-17,19H2,1H3. The van der Waals surface area contributed by atoms with Gasteiger partial charge in [0.25, 0.3) is 5.91 Å². The zero-order chi connectivity index (χ0) is 23.7. The number of likely N-dealkylation sites (tertiary alicyclic amines) is 1. The molecule has 1 spiro atoms. The van der Waals surface area contributed by atoms with Crippen molar-refractivity contribution >= 4 is 23.2 Å². The number of hydrogen-bond donors (Lipinski definition) is 1. The predicted molar refractivity (Wildman–Crippen MR) is 134 cm³/mol. The van der Waals surface area contributed by atoms with Crippen LogP contribution in [0.15, 0.2) is 65.7 Å². The lowest BCUT2D eigenvalue weighted by Gasteiger charge is -2.42. The van der Waals surface area contributed by atoms with Crippen LogP contribution in [0, 0.1) is 0 Å².